The molecule has 0 spiro atoms. The van der Waals surface area contributed by atoms with Gasteiger partial charge >= 0.3 is 0 Å². The third kappa shape index (κ3) is 6.36. The summed E-state index contributed by atoms with van der Waals surface area (Å²) < 4.78 is 34.5. The van der Waals surface area contributed by atoms with Crippen molar-refractivity contribution in [2.75, 3.05) is 16.6 Å². The van der Waals surface area contributed by atoms with Gasteiger partial charge in [0.2, 0.25) is 0 Å². The van der Waals surface area contributed by atoms with E-state index in [0.29, 0.717) is 11.4 Å². The maximum atomic E-state index is 12.7. The van der Waals surface area contributed by atoms with Crippen molar-refractivity contribution in [3.05, 3.63) is 81.3 Å². The fourth-order valence-corrected chi connectivity index (χ4v) is 5.00. The molecule has 174 valence electrons. The molecule has 0 atom stereocenters. The van der Waals surface area contributed by atoms with Crippen molar-refractivity contribution in [2.45, 2.75) is 39.0 Å². The highest BCUT2D eigenvalue weighted by Gasteiger charge is 2.15. The second-order valence-corrected chi connectivity index (χ2v) is 10.4. The summed E-state index contributed by atoms with van der Waals surface area (Å²) >= 11 is 3.47. The van der Waals surface area contributed by atoms with Crippen LogP contribution in [0.15, 0.2) is 64.0 Å². The molecule has 6 nitrogen and oxygen atoms in total. The van der Waals surface area contributed by atoms with E-state index >= 15 is 0 Å². The SMILES string of the molecule is CCc1cc(Br)cc(C)c1NC(=O)COc1ccc(S(=O)(=O)Nc2ccc(C)c(C)c2)cc1. The molecule has 3 aromatic carbocycles. The number of halogens is 1. The zero-order chi connectivity index (χ0) is 24.2. The van der Waals surface area contributed by atoms with E-state index in [1.165, 1.54) is 24.3 Å². The minimum absolute atomic E-state index is 0.107. The third-order valence-electron chi connectivity index (χ3n) is 5.29. The molecule has 33 heavy (non-hydrogen) atoms. The normalized spacial score (nSPS) is 11.2. The van der Waals surface area contributed by atoms with Crippen LogP contribution in [0.3, 0.4) is 0 Å². The lowest BCUT2D eigenvalue weighted by atomic mass is 10.1. The number of ether oxygens (including phenoxy) is 1. The van der Waals surface area contributed by atoms with Crippen molar-refractivity contribution in [3.8, 4) is 5.75 Å². The summed E-state index contributed by atoms with van der Waals surface area (Å²) in [5.41, 5.74) is 5.37. The number of rotatable bonds is 8. The first-order chi connectivity index (χ1) is 15.6. The van der Waals surface area contributed by atoms with E-state index < -0.39 is 10.0 Å². The quantitative estimate of drug-likeness (QED) is 0.388. The molecule has 1 amide bonds. The molecule has 0 saturated carbocycles. The minimum Gasteiger partial charge on any atom is -0.484 e. The van der Waals surface area contributed by atoms with Gasteiger partial charge in [0.1, 0.15) is 5.75 Å². The van der Waals surface area contributed by atoms with Gasteiger partial charge in [0.15, 0.2) is 6.61 Å². The van der Waals surface area contributed by atoms with Crippen molar-refractivity contribution in [3.63, 3.8) is 0 Å². The Labute approximate surface area is 203 Å². The first kappa shape index (κ1) is 24.8. The second-order valence-electron chi connectivity index (χ2n) is 7.82. The Balaban J connectivity index is 1.62. The summed E-state index contributed by atoms with van der Waals surface area (Å²) in [4.78, 5) is 12.5. The van der Waals surface area contributed by atoms with Crippen molar-refractivity contribution < 1.29 is 17.9 Å². The number of amides is 1. The van der Waals surface area contributed by atoms with Gasteiger partial charge in [-0.1, -0.05) is 28.9 Å². The molecule has 0 aromatic heterocycles. The van der Waals surface area contributed by atoms with E-state index in [-0.39, 0.29) is 17.4 Å². The van der Waals surface area contributed by atoms with E-state index in [0.717, 1.165) is 38.8 Å². The fraction of sp³-hybridized carbons (Fsp3) is 0.240. The van der Waals surface area contributed by atoms with E-state index in [9.17, 15) is 13.2 Å². The molecule has 2 N–H and O–H groups in total. The molecule has 0 radical (unpaired) electrons. The lowest BCUT2D eigenvalue weighted by molar-refractivity contribution is -0.118. The third-order valence-corrected chi connectivity index (χ3v) is 7.15. The molecule has 0 saturated heterocycles. The first-order valence-electron chi connectivity index (χ1n) is 10.5. The monoisotopic (exact) mass is 530 g/mol. The number of hydrogen-bond acceptors (Lipinski definition) is 4. The predicted molar refractivity (Wildman–Crippen MR) is 136 cm³/mol. The Morgan fingerprint density at radius 1 is 0.939 bits per heavy atom. The van der Waals surface area contributed by atoms with Crippen LogP contribution in [0, 0.1) is 20.8 Å². The van der Waals surface area contributed by atoms with Crippen molar-refractivity contribution in [1.82, 2.24) is 0 Å². The highest BCUT2D eigenvalue weighted by atomic mass is 79.9. The van der Waals surface area contributed by atoms with Gasteiger partial charge in [0.25, 0.3) is 15.9 Å². The van der Waals surface area contributed by atoms with Crippen LogP contribution in [0.2, 0.25) is 0 Å². The maximum absolute atomic E-state index is 12.7. The molecule has 0 unspecified atom stereocenters. The number of hydrogen-bond donors (Lipinski definition) is 2. The zero-order valence-electron chi connectivity index (χ0n) is 19.0. The predicted octanol–water partition coefficient (Wildman–Crippen LogP) is 5.76. The van der Waals surface area contributed by atoms with Crippen LogP contribution < -0.4 is 14.8 Å². The average molecular weight is 531 g/mol. The van der Waals surface area contributed by atoms with Crippen LogP contribution in [-0.4, -0.2) is 20.9 Å². The molecule has 0 fully saturated rings. The highest BCUT2D eigenvalue weighted by Crippen LogP contribution is 2.26. The molecule has 0 aliphatic heterocycles. The molecular formula is C25H27BrN2O4S. The number of aryl methyl sites for hydroxylation is 4. The van der Waals surface area contributed by atoms with Crippen LogP contribution in [0.4, 0.5) is 11.4 Å². The topological polar surface area (TPSA) is 84.5 Å². The summed E-state index contributed by atoms with van der Waals surface area (Å²) in [7, 11) is -3.74. The van der Waals surface area contributed by atoms with Crippen LogP contribution >= 0.6 is 15.9 Å². The number of sulfonamides is 1. The van der Waals surface area contributed by atoms with Crippen LogP contribution in [0.5, 0.6) is 5.75 Å². The van der Waals surface area contributed by atoms with Crippen LogP contribution in [0.1, 0.15) is 29.2 Å². The molecule has 0 bridgehead atoms. The summed E-state index contributed by atoms with van der Waals surface area (Å²) in [5, 5.41) is 2.91. The standard InChI is InChI=1S/C25H27BrN2O4S/c1-5-19-14-20(26)12-18(4)25(19)27-24(29)15-32-22-8-10-23(11-9-22)33(30,31)28-21-7-6-16(2)17(3)13-21/h6-14,28H,5,15H2,1-4H3,(H,27,29). The van der Waals surface area contributed by atoms with Gasteiger partial charge in [0.05, 0.1) is 4.90 Å². The lowest BCUT2D eigenvalue weighted by Crippen LogP contribution is -2.21. The molecule has 0 heterocycles. The van der Waals surface area contributed by atoms with Crippen molar-refractivity contribution >= 4 is 43.2 Å². The molecule has 3 aromatic rings. The van der Waals surface area contributed by atoms with Gasteiger partial charge < -0.3 is 10.1 Å². The van der Waals surface area contributed by atoms with Crippen molar-refractivity contribution in [2.24, 2.45) is 0 Å². The molecule has 3 rings (SSSR count). The van der Waals surface area contributed by atoms with Gasteiger partial charge in [-0.05, 0) is 98.0 Å². The number of carbonyl (C=O) groups is 1. The van der Waals surface area contributed by atoms with Gasteiger partial charge in [0, 0.05) is 15.8 Å². The van der Waals surface area contributed by atoms with Gasteiger partial charge in [-0.3, -0.25) is 9.52 Å². The van der Waals surface area contributed by atoms with Crippen LogP contribution in [0.25, 0.3) is 0 Å². The van der Waals surface area contributed by atoms with E-state index in [4.69, 9.17) is 4.74 Å². The highest BCUT2D eigenvalue weighted by molar-refractivity contribution is 9.10. The van der Waals surface area contributed by atoms with Gasteiger partial charge in [-0.25, -0.2) is 8.42 Å². The van der Waals surface area contributed by atoms with E-state index in [1.54, 1.807) is 12.1 Å². The summed E-state index contributed by atoms with van der Waals surface area (Å²) in [5.74, 6) is 0.113. The Morgan fingerprint density at radius 3 is 2.27 bits per heavy atom. The number of carbonyl (C=O) groups excluding carboxylic acids is 1. The lowest BCUT2D eigenvalue weighted by Gasteiger charge is -2.14. The molecule has 0 aliphatic carbocycles. The maximum Gasteiger partial charge on any atom is 0.262 e. The smallest absolute Gasteiger partial charge is 0.262 e. The van der Waals surface area contributed by atoms with Gasteiger partial charge in [-0.2, -0.15) is 0 Å². The molecular weight excluding hydrogens is 504 g/mol. The Hall–Kier alpha value is -2.84. The molecule has 8 heteroatoms. The first-order valence-corrected chi connectivity index (χ1v) is 12.8. The van der Waals surface area contributed by atoms with Crippen molar-refractivity contribution in [1.29, 1.82) is 0 Å². The Kier molecular flexibility index (Phi) is 7.81. The average Bonchev–Trinajstić information content (AvgIpc) is 2.76. The van der Waals surface area contributed by atoms with E-state index in [1.807, 2.05) is 45.9 Å². The number of anilines is 2. The van der Waals surface area contributed by atoms with E-state index in [2.05, 4.69) is 26.0 Å². The Bertz CT molecular complexity index is 1270. The number of nitrogens with one attached hydrogen (secondary N) is 2. The zero-order valence-corrected chi connectivity index (χ0v) is 21.4. The van der Waals surface area contributed by atoms with Crippen LogP contribution in [-0.2, 0) is 21.2 Å². The summed E-state index contributed by atoms with van der Waals surface area (Å²) in [6.45, 7) is 7.67. The summed E-state index contributed by atoms with van der Waals surface area (Å²) in [6.07, 6.45) is 0.781. The molecule has 0 aliphatic rings. The Morgan fingerprint density at radius 2 is 1.64 bits per heavy atom. The fourth-order valence-electron chi connectivity index (χ4n) is 3.33. The minimum atomic E-state index is -3.74. The van der Waals surface area contributed by atoms with Gasteiger partial charge in [-0.15, -0.1) is 0 Å². The second kappa shape index (κ2) is 10.4. The summed E-state index contributed by atoms with van der Waals surface area (Å²) in [6, 6.07) is 15.3. The largest absolute Gasteiger partial charge is 0.484 e. The number of benzene rings is 3.